The van der Waals surface area contributed by atoms with Gasteiger partial charge in [-0.3, -0.25) is 4.90 Å². The normalized spacial score (nSPS) is 17.1. The zero-order valence-electron chi connectivity index (χ0n) is 14.2. The first-order chi connectivity index (χ1) is 12.4. The number of benzene rings is 1. The molecule has 0 saturated carbocycles. The van der Waals surface area contributed by atoms with Gasteiger partial charge in [-0.15, -0.1) is 0 Å². The third-order valence-corrected chi connectivity index (χ3v) is 6.41. The number of rotatable bonds is 4. The van der Waals surface area contributed by atoms with Gasteiger partial charge in [0.25, 0.3) is 0 Å². The summed E-state index contributed by atoms with van der Waals surface area (Å²) in [5.74, 6) is 0.763. The molecule has 1 fully saturated rings. The lowest BCUT2D eigenvalue weighted by Crippen LogP contribution is -2.48. The summed E-state index contributed by atoms with van der Waals surface area (Å²) in [7, 11) is -3.60. The number of nitrogens with zero attached hydrogens (tertiary/aromatic N) is 3. The maximum absolute atomic E-state index is 12.9. The van der Waals surface area contributed by atoms with E-state index in [4.69, 9.17) is 4.52 Å². The standard InChI is InChI=1S/C16H19N5O4S/c1-11-8-12(19-25-11)10-20-4-6-21(7-5-20)26(23,24)13-2-3-14-15(9-13)18-16(22)17-14/h2-3,8-9H,4-7,10H2,1H3,(H2,17,18,22). The molecule has 0 unspecified atom stereocenters. The van der Waals surface area contributed by atoms with E-state index in [1.807, 2.05) is 13.0 Å². The van der Waals surface area contributed by atoms with Crippen LogP contribution in [0.2, 0.25) is 0 Å². The summed E-state index contributed by atoms with van der Waals surface area (Å²) in [5, 5.41) is 3.98. The van der Waals surface area contributed by atoms with Crippen molar-refractivity contribution in [3.05, 3.63) is 46.2 Å². The summed E-state index contributed by atoms with van der Waals surface area (Å²) in [5.41, 5.74) is 1.56. The minimum atomic E-state index is -3.60. The molecule has 0 bridgehead atoms. The average molecular weight is 377 g/mol. The Hall–Kier alpha value is -2.43. The number of aromatic nitrogens is 3. The molecule has 1 aromatic carbocycles. The van der Waals surface area contributed by atoms with Crippen LogP contribution in [0.25, 0.3) is 11.0 Å². The Morgan fingerprint density at radius 3 is 2.54 bits per heavy atom. The van der Waals surface area contributed by atoms with E-state index in [1.54, 1.807) is 6.07 Å². The molecule has 10 heteroatoms. The summed E-state index contributed by atoms with van der Waals surface area (Å²) < 4.78 is 32.3. The van der Waals surface area contributed by atoms with Gasteiger partial charge in [0.05, 0.1) is 21.6 Å². The molecule has 4 rings (SSSR count). The summed E-state index contributed by atoms with van der Waals surface area (Å²) in [6, 6.07) is 6.50. The molecule has 2 N–H and O–H groups in total. The summed E-state index contributed by atoms with van der Waals surface area (Å²) >= 11 is 0. The summed E-state index contributed by atoms with van der Waals surface area (Å²) in [6.45, 7) is 4.53. The van der Waals surface area contributed by atoms with Gasteiger partial charge in [-0.25, -0.2) is 13.2 Å². The quantitative estimate of drug-likeness (QED) is 0.690. The van der Waals surface area contributed by atoms with Gasteiger partial charge in [-0.05, 0) is 25.1 Å². The van der Waals surface area contributed by atoms with Crippen LogP contribution < -0.4 is 5.69 Å². The topological polar surface area (TPSA) is 115 Å². The van der Waals surface area contributed by atoms with Crippen molar-refractivity contribution in [1.29, 1.82) is 0 Å². The van der Waals surface area contributed by atoms with Gasteiger partial charge in [-0.2, -0.15) is 4.31 Å². The van der Waals surface area contributed by atoms with E-state index >= 15 is 0 Å². The van der Waals surface area contributed by atoms with E-state index in [-0.39, 0.29) is 10.6 Å². The molecule has 0 radical (unpaired) electrons. The highest BCUT2D eigenvalue weighted by molar-refractivity contribution is 7.89. The lowest BCUT2D eigenvalue weighted by atomic mass is 10.3. The lowest BCUT2D eigenvalue weighted by Gasteiger charge is -2.33. The molecule has 3 aromatic rings. The van der Waals surface area contributed by atoms with Crippen molar-refractivity contribution in [1.82, 2.24) is 24.3 Å². The monoisotopic (exact) mass is 377 g/mol. The first-order valence-corrected chi connectivity index (χ1v) is 9.72. The number of aromatic amines is 2. The van der Waals surface area contributed by atoms with E-state index in [2.05, 4.69) is 20.0 Å². The Morgan fingerprint density at radius 2 is 1.85 bits per heavy atom. The minimum absolute atomic E-state index is 0.181. The molecule has 9 nitrogen and oxygen atoms in total. The van der Waals surface area contributed by atoms with Crippen molar-refractivity contribution in [2.45, 2.75) is 18.4 Å². The highest BCUT2D eigenvalue weighted by atomic mass is 32.2. The molecule has 2 aromatic heterocycles. The Bertz CT molecular complexity index is 1090. The average Bonchev–Trinajstić information content (AvgIpc) is 3.18. The van der Waals surface area contributed by atoms with E-state index < -0.39 is 10.0 Å². The number of imidazole rings is 1. The van der Waals surface area contributed by atoms with Crippen LogP contribution in [0.15, 0.2) is 38.5 Å². The van der Waals surface area contributed by atoms with Gasteiger partial charge in [0.2, 0.25) is 10.0 Å². The third-order valence-electron chi connectivity index (χ3n) is 4.52. The maximum Gasteiger partial charge on any atom is 0.323 e. The molecule has 138 valence electrons. The van der Waals surface area contributed by atoms with Crippen LogP contribution in [-0.2, 0) is 16.6 Å². The summed E-state index contributed by atoms with van der Waals surface area (Å²) in [4.78, 5) is 18.9. The SMILES string of the molecule is Cc1cc(CN2CCN(S(=O)(=O)c3ccc4[nH]c(=O)[nH]c4c3)CC2)no1. The van der Waals surface area contributed by atoms with Crippen LogP contribution in [0, 0.1) is 6.92 Å². The zero-order chi connectivity index (χ0) is 18.3. The smallest absolute Gasteiger partial charge is 0.323 e. The molecule has 0 aliphatic carbocycles. The summed E-state index contributed by atoms with van der Waals surface area (Å²) in [6.07, 6.45) is 0. The second-order valence-corrected chi connectivity index (χ2v) is 8.33. The molecule has 26 heavy (non-hydrogen) atoms. The molecule has 0 atom stereocenters. The van der Waals surface area contributed by atoms with Crippen LogP contribution in [0.1, 0.15) is 11.5 Å². The van der Waals surface area contributed by atoms with E-state index in [9.17, 15) is 13.2 Å². The number of sulfonamides is 1. The highest BCUT2D eigenvalue weighted by Crippen LogP contribution is 2.21. The fourth-order valence-corrected chi connectivity index (χ4v) is 4.62. The number of nitrogens with one attached hydrogen (secondary N) is 2. The molecule has 0 amide bonds. The number of piperazine rings is 1. The first-order valence-electron chi connectivity index (χ1n) is 8.28. The molecule has 3 heterocycles. The number of hydrogen-bond acceptors (Lipinski definition) is 6. The van der Waals surface area contributed by atoms with Gasteiger partial charge in [0.1, 0.15) is 5.76 Å². The molecule has 0 spiro atoms. The fraction of sp³-hybridized carbons (Fsp3) is 0.375. The van der Waals surface area contributed by atoms with Crippen molar-refractivity contribution in [3.63, 3.8) is 0 Å². The largest absolute Gasteiger partial charge is 0.361 e. The van der Waals surface area contributed by atoms with Crippen LogP contribution in [0.5, 0.6) is 0 Å². The third kappa shape index (κ3) is 3.18. The Morgan fingerprint density at radius 1 is 1.12 bits per heavy atom. The van der Waals surface area contributed by atoms with Gasteiger partial charge in [-0.1, -0.05) is 5.16 Å². The Balaban J connectivity index is 1.47. The second kappa shape index (κ2) is 6.38. The number of fused-ring (bicyclic) bond motifs is 1. The number of H-pyrrole nitrogens is 2. The van der Waals surface area contributed by atoms with Gasteiger partial charge < -0.3 is 14.5 Å². The predicted molar refractivity (Wildman–Crippen MR) is 94.2 cm³/mol. The van der Waals surface area contributed by atoms with Crippen LogP contribution in [0.3, 0.4) is 0 Å². The predicted octanol–water partition coefficient (Wildman–Crippen LogP) is 0.659. The van der Waals surface area contributed by atoms with Crippen LogP contribution >= 0.6 is 0 Å². The van der Waals surface area contributed by atoms with Crippen molar-refractivity contribution in [3.8, 4) is 0 Å². The maximum atomic E-state index is 12.9. The van der Waals surface area contributed by atoms with Crippen molar-refractivity contribution < 1.29 is 12.9 Å². The minimum Gasteiger partial charge on any atom is -0.361 e. The van der Waals surface area contributed by atoms with Crippen molar-refractivity contribution in [2.75, 3.05) is 26.2 Å². The molecular formula is C16H19N5O4S. The fourth-order valence-electron chi connectivity index (χ4n) is 3.17. The molecule has 1 aliphatic rings. The van der Waals surface area contributed by atoms with Crippen LogP contribution in [0.4, 0.5) is 0 Å². The van der Waals surface area contributed by atoms with E-state index in [1.165, 1.54) is 16.4 Å². The second-order valence-electron chi connectivity index (χ2n) is 6.40. The molecule has 1 aliphatic heterocycles. The molecule has 1 saturated heterocycles. The van der Waals surface area contributed by atoms with E-state index in [0.717, 1.165) is 11.5 Å². The van der Waals surface area contributed by atoms with Gasteiger partial charge >= 0.3 is 5.69 Å². The lowest BCUT2D eigenvalue weighted by molar-refractivity contribution is 0.177. The van der Waals surface area contributed by atoms with Gasteiger partial charge in [0.15, 0.2) is 0 Å². The number of hydrogen-bond donors (Lipinski definition) is 2. The van der Waals surface area contributed by atoms with E-state index in [0.29, 0.717) is 43.8 Å². The Labute approximate surface area is 149 Å². The van der Waals surface area contributed by atoms with Crippen molar-refractivity contribution in [2.24, 2.45) is 0 Å². The highest BCUT2D eigenvalue weighted by Gasteiger charge is 2.29. The Kier molecular flexibility index (Phi) is 4.17. The van der Waals surface area contributed by atoms with Crippen LogP contribution in [-0.4, -0.2) is 58.9 Å². The van der Waals surface area contributed by atoms with Crippen molar-refractivity contribution >= 4 is 21.1 Å². The molecular weight excluding hydrogens is 358 g/mol. The zero-order valence-corrected chi connectivity index (χ0v) is 15.0. The van der Waals surface area contributed by atoms with Gasteiger partial charge in [0, 0.05) is 38.8 Å². The number of aryl methyl sites for hydroxylation is 1. The first kappa shape index (κ1) is 17.0.